The molecule has 0 radical (unpaired) electrons. The van der Waals surface area contributed by atoms with Crippen molar-refractivity contribution in [1.82, 2.24) is 14.1 Å². The maximum absolute atomic E-state index is 12.4. The first-order chi connectivity index (χ1) is 12.8. The zero-order chi connectivity index (χ0) is 19.7. The summed E-state index contributed by atoms with van der Waals surface area (Å²) in [6, 6.07) is 8.31. The molecule has 1 unspecified atom stereocenters. The summed E-state index contributed by atoms with van der Waals surface area (Å²) < 4.78 is 7.82. The van der Waals surface area contributed by atoms with Crippen molar-refractivity contribution in [1.29, 1.82) is 0 Å². The second-order valence-corrected chi connectivity index (χ2v) is 6.39. The quantitative estimate of drug-likeness (QED) is 0.733. The van der Waals surface area contributed by atoms with Crippen molar-refractivity contribution in [2.24, 2.45) is 14.1 Å². The fraction of sp³-hybridized carbons (Fsp3) is 0.222. The number of fused-ring (bicyclic) bond motifs is 1. The lowest BCUT2D eigenvalue weighted by Crippen LogP contribution is -2.37. The number of carbonyl (C=O) groups is 1. The number of rotatable bonds is 4. The Kier molecular flexibility index (Phi) is 5.00. The summed E-state index contributed by atoms with van der Waals surface area (Å²) in [6.45, 7) is 1.58. The fourth-order valence-electron chi connectivity index (χ4n) is 2.56. The molecule has 0 aliphatic rings. The Morgan fingerprint density at radius 3 is 2.63 bits per heavy atom. The van der Waals surface area contributed by atoms with Crippen LogP contribution in [0.25, 0.3) is 11.0 Å². The van der Waals surface area contributed by atoms with E-state index in [1.807, 2.05) is 0 Å². The minimum absolute atomic E-state index is 0.220. The zero-order valence-electron chi connectivity index (χ0n) is 14.9. The van der Waals surface area contributed by atoms with Crippen molar-refractivity contribution >= 4 is 34.2 Å². The number of benzene rings is 1. The molecule has 2 aromatic heterocycles. The van der Waals surface area contributed by atoms with Crippen LogP contribution in [0.4, 0.5) is 5.69 Å². The molecular weight excluding hydrogens is 372 g/mol. The molecule has 3 rings (SSSR count). The molecule has 2 heterocycles. The molecule has 1 N–H and O–H groups in total. The third-order valence-electron chi connectivity index (χ3n) is 4.07. The van der Waals surface area contributed by atoms with Crippen molar-refractivity contribution in [3.05, 3.63) is 62.4 Å². The van der Waals surface area contributed by atoms with Gasteiger partial charge < -0.3 is 10.1 Å². The first-order valence-electron chi connectivity index (χ1n) is 8.07. The number of halogens is 1. The topological polar surface area (TPSA) is 95.2 Å². The molecule has 0 aliphatic carbocycles. The summed E-state index contributed by atoms with van der Waals surface area (Å²) in [4.78, 5) is 40.8. The number of hydrogen-bond acceptors (Lipinski definition) is 5. The second kappa shape index (κ2) is 7.24. The number of pyridine rings is 1. The maximum atomic E-state index is 12.4. The van der Waals surface area contributed by atoms with Gasteiger partial charge in [-0.25, -0.2) is 9.78 Å². The third kappa shape index (κ3) is 3.56. The van der Waals surface area contributed by atoms with Crippen molar-refractivity contribution in [3.8, 4) is 5.75 Å². The van der Waals surface area contributed by atoms with Gasteiger partial charge in [-0.3, -0.25) is 18.7 Å². The van der Waals surface area contributed by atoms with E-state index in [2.05, 4.69) is 10.3 Å². The lowest BCUT2D eigenvalue weighted by atomic mass is 10.2. The van der Waals surface area contributed by atoms with E-state index in [0.29, 0.717) is 16.5 Å². The van der Waals surface area contributed by atoms with E-state index >= 15 is 0 Å². The highest BCUT2D eigenvalue weighted by atomic mass is 35.5. The normalized spacial score (nSPS) is 12.0. The minimum Gasteiger partial charge on any atom is -0.479 e. The highest BCUT2D eigenvalue weighted by Crippen LogP contribution is 2.24. The summed E-state index contributed by atoms with van der Waals surface area (Å²) in [7, 11) is 2.91. The van der Waals surface area contributed by atoms with E-state index in [-0.39, 0.29) is 11.0 Å². The lowest BCUT2D eigenvalue weighted by Gasteiger charge is -2.16. The van der Waals surface area contributed by atoms with Crippen LogP contribution in [-0.4, -0.2) is 26.1 Å². The molecule has 1 atom stereocenters. The van der Waals surface area contributed by atoms with Crippen LogP contribution in [0.15, 0.2) is 46.1 Å². The first kappa shape index (κ1) is 18.7. The number of ether oxygens (including phenoxy) is 1. The van der Waals surface area contributed by atoms with E-state index in [0.717, 1.165) is 4.57 Å². The third-order valence-corrected chi connectivity index (χ3v) is 4.38. The molecular formula is C18H17ClN4O4. The van der Waals surface area contributed by atoms with Crippen molar-refractivity contribution in [3.63, 3.8) is 0 Å². The van der Waals surface area contributed by atoms with Crippen LogP contribution in [-0.2, 0) is 18.9 Å². The molecule has 0 bridgehead atoms. The Labute approximate surface area is 159 Å². The average Bonchev–Trinajstić information content (AvgIpc) is 2.66. The van der Waals surface area contributed by atoms with E-state index < -0.39 is 23.3 Å². The summed E-state index contributed by atoms with van der Waals surface area (Å²) >= 11 is 6.03. The van der Waals surface area contributed by atoms with Gasteiger partial charge in [0.25, 0.3) is 11.5 Å². The van der Waals surface area contributed by atoms with Crippen LogP contribution in [0.1, 0.15) is 6.92 Å². The van der Waals surface area contributed by atoms with E-state index in [1.165, 1.54) is 30.9 Å². The Bertz CT molecular complexity index is 1150. The number of amides is 1. The number of carbonyl (C=O) groups excluding carboxylic acids is 1. The Morgan fingerprint density at radius 1 is 1.22 bits per heavy atom. The Balaban J connectivity index is 1.86. The number of hydrogen-bond donors (Lipinski definition) is 1. The van der Waals surface area contributed by atoms with Crippen LogP contribution in [0.2, 0.25) is 5.02 Å². The van der Waals surface area contributed by atoms with Gasteiger partial charge in [-0.2, -0.15) is 0 Å². The number of nitrogens with zero attached hydrogens (tertiary/aromatic N) is 3. The van der Waals surface area contributed by atoms with Gasteiger partial charge in [0.05, 0.1) is 22.3 Å². The average molecular weight is 389 g/mol. The fourth-order valence-corrected chi connectivity index (χ4v) is 2.74. The van der Waals surface area contributed by atoms with Gasteiger partial charge in [0, 0.05) is 14.1 Å². The van der Waals surface area contributed by atoms with Crippen LogP contribution in [0.5, 0.6) is 5.75 Å². The first-order valence-corrected chi connectivity index (χ1v) is 8.45. The molecule has 0 saturated heterocycles. The molecule has 1 aromatic carbocycles. The van der Waals surface area contributed by atoms with E-state index in [1.54, 1.807) is 31.2 Å². The zero-order valence-corrected chi connectivity index (χ0v) is 15.6. The number of para-hydroxylation sites is 1. The molecule has 0 aliphatic heterocycles. The molecule has 3 aromatic rings. The smallest absolute Gasteiger partial charge is 0.332 e. The van der Waals surface area contributed by atoms with Crippen molar-refractivity contribution in [2.45, 2.75) is 13.0 Å². The van der Waals surface area contributed by atoms with Gasteiger partial charge in [0.1, 0.15) is 11.4 Å². The van der Waals surface area contributed by atoms with Crippen LogP contribution >= 0.6 is 11.6 Å². The molecule has 0 fully saturated rings. The number of aromatic nitrogens is 3. The van der Waals surface area contributed by atoms with Gasteiger partial charge >= 0.3 is 5.69 Å². The van der Waals surface area contributed by atoms with Crippen molar-refractivity contribution in [2.75, 3.05) is 5.32 Å². The Morgan fingerprint density at radius 2 is 1.93 bits per heavy atom. The minimum atomic E-state index is -0.830. The second-order valence-electron chi connectivity index (χ2n) is 5.98. The predicted molar refractivity (Wildman–Crippen MR) is 102 cm³/mol. The van der Waals surface area contributed by atoms with Gasteiger partial charge in [0.15, 0.2) is 6.10 Å². The lowest BCUT2D eigenvalue weighted by molar-refractivity contribution is -0.122. The number of aryl methyl sites for hydroxylation is 1. The van der Waals surface area contributed by atoms with Crippen LogP contribution < -0.4 is 21.3 Å². The monoisotopic (exact) mass is 388 g/mol. The van der Waals surface area contributed by atoms with Crippen molar-refractivity contribution < 1.29 is 9.53 Å². The summed E-state index contributed by atoms with van der Waals surface area (Å²) in [5.41, 5.74) is -0.407. The molecule has 9 heteroatoms. The molecule has 0 spiro atoms. The molecule has 0 saturated carbocycles. The van der Waals surface area contributed by atoms with Crippen LogP contribution in [0, 0.1) is 0 Å². The number of nitrogens with one attached hydrogen (secondary N) is 1. The number of anilines is 1. The SMILES string of the molecule is CC(Oc1ccccc1Cl)C(=O)Nc1cnc2c(c1)c(=O)n(C)c(=O)n2C. The summed E-state index contributed by atoms with van der Waals surface area (Å²) in [5.74, 6) is -0.0416. The summed E-state index contributed by atoms with van der Waals surface area (Å²) in [6.07, 6.45) is 0.546. The summed E-state index contributed by atoms with van der Waals surface area (Å²) in [5, 5.41) is 3.27. The van der Waals surface area contributed by atoms with E-state index in [4.69, 9.17) is 16.3 Å². The van der Waals surface area contributed by atoms with E-state index in [9.17, 15) is 14.4 Å². The maximum Gasteiger partial charge on any atom is 0.332 e. The van der Waals surface area contributed by atoms with Gasteiger partial charge in [-0.05, 0) is 25.1 Å². The largest absolute Gasteiger partial charge is 0.479 e. The van der Waals surface area contributed by atoms with Crippen LogP contribution in [0.3, 0.4) is 0 Å². The van der Waals surface area contributed by atoms with Gasteiger partial charge in [-0.15, -0.1) is 0 Å². The highest BCUT2D eigenvalue weighted by Gasteiger charge is 2.17. The Hall–Kier alpha value is -3.13. The molecule has 27 heavy (non-hydrogen) atoms. The standard InChI is InChI=1S/C18H17ClN4O4/c1-10(27-14-7-5-4-6-13(14)19)16(24)21-11-8-12-15(20-9-11)22(2)18(26)23(3)17(12)25/h4-10H,1-3H3,(H,21,24). The van der Waals surface area contributed by atoms with Gasteiger partial charge in [0.2, 0.25) is 0 Å². The molecule has 140 valence electrons. The molecule has 8 nitrogen and oxygen atoms in total. The molecule has 1 amide bonds. The predicted octanol–water partition coefficient (Wildman–Crippen LogP) is 1.69. The highest BCUT2D eigenvalue weighted by molar-refractivity contribution is 6.32. The van der Waals surface area contributed by atoms with Gasteiger partial charge in [-0.1, -0.05) is 23.7 Å².